The van der Waals surface area contributed by atoms with Gasteiger partial charge in [-0.15, -0.1) is 0 Å². The second-order valence-electron chi connectivity index (χ2n) is 8.45. The molecule has 8 nitrogen and oxygen atoms in total. The third kappa shape index (κ3) is 5.41. The van der Waals surface area contributed by atoms with Crippen LogP contribution in [0.25, 0.3) is 6.08 Å². The molecule has 0 bridgehead atoms. The first-order valence-electron chi connectivity index (χ1n) is 11.9. The van der Waals surface area contributed by atoms with Crippen LogP contribution < -0.4 is 24.4 Å². The molecular weight excluding hydrogens is 492 g/mol. The average Bonchev–Trinajstić information content (AvgIpc) is 3.15. The lowest BCUT2D eigenvalue weighted by molar-refractivity contribution is -0.139. The van der Waals surface area contributed by atoms with Gasteiger partial charge in [-0.25, -0.2) is 9.79 Å². The number of hydrogen-bond acceptors (Lipinski definition) is 8. The molecule has 1 aliphatic heterocycles. The lowest BCUT2D eigenvalue weighted by Gasteiger charge is -2.25. The molecule has 0 unspecified atom stereocenters. The Hall–Kier alpha value is -3.98. The standard InChI is InChI=1S/C28H28N2O6S/c1-6-34-22-15-20(12-13-21(22)36-18(5)31)25-24(27(33)35-7-2)17(4)29-28-30(25)26(32)23(37-28)14-19-10-8-16(3)9-11-19/h8-15,25H,6-7H2,1-5H3/b23-14+/t25-/m0/s1. The molecule has 0 radical (unpaired) electrons. The van der Waals surface area contributed by atoms with Gasteiger partial charge in [0.25, 0.3) is 5.56 Å². The number of carbonyl (C=O) groups excluding carboxylic acids is 2. The van der Waals surface area contributed by atoms with Crippen molar-refractivity contribution in [2.75, 3.05) is 13.2 Å². The van der Waals surface area contributed by atoms with Crippen LogP contribution >= 0.6 is 11.3 Å². The number of thiazole rings is 1. The fourth-order valence-corrected chi connectivity index (χ4v) is 5.17. The molecule has 192 valence electrons. The third-order valence-electron chi connectivity index (χ3n) is 5.73. The van der Waals surface area contributed by atoms with Gasteiger partial charge in [0.1, 0.15) is 0 Å². The predicted octanol–water partition coefficient (Wildman–Crippen LogP) is 3.43. The minimum atomic E-state index is -0.805. The van der Waals surface area contributed by atoms with Crippen molar-refractivity contribution >= 4 is 29.4 Å². The van der Waals surface area contributed by atoms with Gasteiger partial charge in [0.15, 0.2) is 16.3 Å². The minimum Gasteiger partial charge on any atom is -0.490 e. The lowest BCUT2D eigenvalue weighted by Crippen LogP contribution is -2.40. The van der Waals surface area contributed by atoms with Crippen LogP contribution in [0, 0.1) is 6.92 Å². The van der Waals surface area contributed by atoms with Crippen LogP contribution in [-0.4, -0.2) is 29.7 Å². The highest BCUT2D eigenvalue weighted by molar-refractivity contribution is 7.07. The lowest BCUT2D eigenvalue weighted by atomic mass is 9.95. The van der Waals surface area contributed by atoms with Gasteiger partial charge in [-0.3, -0.25) is 14.2 Å². The highest BCUT2D eigenvalue weighted by Crippen LogP contribution is 2.36. The number of fused-ring (bicyclic) bond motifs is 1. The zero-order chi connectivity index (χ0) is 26.7. The molecule has 2 heterocycles. The van der Waals surface area contributed by atoms with E-state index in [9.17, 15) is 14.4 Å². The highest BCUT2D eigenvalue weighted by Gasteiger charge is 2.34. The van der Waals surface area contributed by atoms with Gasteiger partial charge in [0.05, 0.1) is 35.1 Å². The fourth-order valence-electron chi connectivity index (χ4n) is 4.12. The van der Waals surface area contributed by atoms with Gasteiger partial charge in [-0.05, 0) is 57.0 Å². The summed E-state index contributed by atoms with van der Waals surface area (Å²) in [5.41, 5.74) is 3.06. The number of allylic oxidation sites excluding steroid dienone is 1. The number of benzene rings is 2. The SMILES string of the molecule is CCOC(=O)C1=C(C)N=c2s/c(=C/c3ccc(C)cc3)c(=O)n2[C@H]1c1ccc(OC(C)=O)c(OCC)c1. The largest absolute Gasteiger partial charge is 0.490 e. The summed E-state index contributed by atoms with van der Waals surface area (Å²) >= 11 is 1.26. The zero-order valence-electron chi connectivity index (χ0n) is 21.4. The summed E-state index contributed by atoms with van der Waals surface area (Å²) in [6.07, 6.45) is 1.82. The molecule has 4 rings (SSSR count). The molecule has 0 saturated carbocycles. The molecule has 9 heteroatoms. The summed E-state index contributed by atoms with van der Waals surface area (Å²) in [6.45, 7) is 9.08. The summed E-state index contributed by atoms with van der Waals surface area (Å²) in [4.78, 5) is 43.5. The summed E-state index contributed by atoms with van der Waals surface area (Å²) in [6, 6.07) is 12.0. The number of nitrogens with zero attached hydrogens (tertiary/aromatic N) is 2. The van der Waals surface area contributed by atoms with E-state index in [2.05, 4.69) is 4.99 Å². The summed E-state index contributed by atoms with van der Waals surface area (Å²) in [5.74, 6) is -0.456. The maximum Gasteiger partial charge on any atom is 0.338 e. The number of aryl methyl sites for hydroxylation is 1. The van der Waals surface area contributed by atoms with Gasteiger partial charge < -0.3 is 14.2 Å². The van der Waals surface area contributed by atoms with Crippen LogP contribution in [-0.2, 0) is 14.3 Å². The van der Waals surface area contributed by atoms with Crippen LogP contribution in [0.5, 0.6) is 11.5 Å². The zero-order valence-corrected chi connectivity index (χ0v) is 22.2. The molecule has 0 fully saturated rings. The van der Waals surface area contributed by atoms with Crippen molar-refractivity contribution in [1.82, 2.24) is 4.57 Å². The smallest absolute Gasteiger partial charge is 0.338 e. The summed E-state index contributed by atoms with van der Waals surface area (Å²) < 4.78 is 18.4. The molecule has 0 saturated heterocycles. The molecule has 2 aromatic carbocycles. The quantitative estimate of drug-likeness (QED) is 0.350. The van der Waals surface area contributed by atoms with E-state index in [4.69, 9.17) is 14.2 Å². The summed E-state index contributed by atoms with van der Waals surface area (Å²) in [5, 5.41) is 0. The molecule has 3 aromatic rings. The van der Waals surface area contributed by atoms with Crippen molar-refractivity contribution in [3.05, 3.63) is 90.1 Å². The Morgan fingerprint density at radius 1 is 1.05 bits per heavy atom. The first kappa shape index (κ1) is 26.1. The van der Waals surface area contributed by atoms with Gasteiger partial charge in [-0.2, -0.15) is 0 Å². The van der Waals surface area contributed by atoms with E-state index in [0.717, 1.165) is 11.1 Å². The number of ether oxygens (including phenoxy) is 3. The Morgan fingerprint density at radius 2 is 1.78 bits per heavy atom. The molecule has 0 aliphatic carbocycles. The van der Waals surface area contributed by atoms with Crippen molar-refractivity contribution in [2.45, 2.75) is 40.7 Å². The molecule has 0 N–H and O–H groups in total. The third-order valence-corrected chi connectivity index (χ3v) is 6.71. The van der Waals surface area contributed by atoms with E-state index in [-0.39, 0.29) is 23.5 Å². The molecular formula is C28H28N2O6S. The Morgan fingerprint density at radius 3 is 2.43 bits per heavy atom. The van der Waals surface area contributed by atoms with E-state index >= 15 is 0 Å². The van der Waals surface area contributed by atoms with Gasteiger partial charge in [0.2, 0.25) is 0 Å². The highest BCUT2D eigenvalue weighted by atomic mass is 32.1. The van der Waals surface area contributed by atoms with Crippen molar-refractivity contribution in [1.29, 1.82) is 0 Å². The molecule has 37 heavy (non-hydrogen) atoms. The average molecular weight is 521 g/mol. The number of hydrogen-bond donors (Lipinski definition) is 0. The monoisotopic (exact) mass is 520 g/mol. The van der Waals surface area contributed by atoms with E-state index < -0.39 is 18.0 Å². The second-order valence-corrected chi connectivity index (χ2v) is 9.45. The normalized spacial score (nSPS) is 15.2. The van der Waals surface area contributed by atoms with E-state index in [0.29, 0.717) is 33.0 Å². The molecule has 1 atom stereocenters. The Labute approximate surface area is 218 Å². The van der Waals surface area contributed by atoms with Crippen LogP contribution in [0.3, 0.4) is 0 Å². The Balaban J connectivity index is 1.94. The fraction of sp³-hybridized carbons (Fsp3) is 0.286. The van der Waals surface area contributed by atoms with Crippen molar-refractivity contribution in [2.24, 2.45) is 4.99 Å². The molecule has 1 aliphatic rings. The predicted molar refractivity (Wildman–Crippen MR) is 140 cm³/mol. The topological polar surface area (TPSA) is 96.2 Å². The van der Waals surface area contributed by atoms with Gasteiger partial charge in [-0.1, -0.05) is 47.2 Å². The van der Waals surface area contributed by atoms with E-state index in [1.807, 2.05) is 44.2 Å². The van der Waals surface area contributed by atoms with Crippen molar-refractivity contribution in [3.63, 3.8) is 0 Å². The number of carbonyl (C=O) groups is 2. The minimum absolute atomic E-state index is 0.176. The molecule has 1 aromatic heterocycles. The Bertz CT molecular complexity index is 1560. The van der Waals surface area contributed by atoms with Crippen LogP contribution in [0.15, 0.2) is 63.5 Å². The van der Waals surface area contributed by atoms with E-state index in [1.54, 1.807) is 32.0 Å². The first-order chi connectivity index (χ1) is 17.7. The first-order valence-corrected chi connectivity index (χ1v) is 12.8. The maximum atomic E-state index is 13.7. The summed E-state index contributed by atoms with van der Waals surface area (Å²) in [7, 11) is 0. The van der Waals surface area contributed by atoms with Crippen LogP contribution in [0.2, 0.25) is 0 Å². The van der Waals surface area contributed by atoms with Crippen molar-refractivity contribution in [3.8, 4) is 11.5 Å². The van der Waals surface area contributed by atoms with Crippen LogP contribution in [0.4, 0.5) is 0 Å². The number of rotatable bonds is 7. The van der Waals surface area contributed by atoms with Crippen LogP contribution in [0.1, 0.15) is 50.4 Å². The van der Waals surface area contributed by atoms with Gasteiger partial charge in [0, 0.05) is 6.92 Å². The van der Waals surface area contributed by atoms with Gasteiger partial charge >= 0.3 is 11.9 Å². The molecule has 0 spiro atoms. The Kier molecular flexibility index (Phi) is 7.73. The van der Waals surface area contributed by atoms with E-state index in [1.165, 1.54) is 22.8 Å². The maximum absolute atomic E-state index is 13.7. The number of aromatic nitrogens is 1. The van der Waals surface area contributed by atoms with Crippen molar-refractivity contribution < 1.29 is 23.8 Å². The number of esters is 2. The second kappa shape index (κ2) is 11.0. The molecule has 0 amide bonds.